The third-order valence-corrected chi connectivity index (χ3v) is 4.11. The third kappa shape index (κ3) is 1.98. The summed E-state index contributed by atoms with van der Waals surface area (Å²) in [6.07, 6.45) is 5.70. The van der Waals surface area contributed by atoms with Gasteiger partial charge in [0.25, 0.3) is 0 Å². The maximum Gasteiger partial charge on any atom is 0.137 e. The number of aryl methyl sites for hydroxylation is 1. The van der Waals surface area contributed by atoms with Crippen molar-refractivity contribution >= 4 is 0 Å². The summed E-state index contributed by atoms with van der Waals surface area (Å²) in [7, 11) is 2.18. The van der Waals surface area contributed by atoms with Crippen LogP contribution in [0.3, 0.4) is 0 Å². The minimum atomic E-state index is 0.100. The molecule has 94 valence electrons. The van der Waals surface area contributed by atoms with Crippen molar-refractivity contribution in [2.45, 2.75) is 44.2 Å². The number of aromatic nitrogens is 3. The highest BCUT2D eigenvalue weighted by atomic mass is 15.3. The molecule has 2 aliphatic heterocycles. The Balaban J connectivity index is 1.86. The van der Waals surface area contributed by atoms with E-state index < -0.39 is 0 Å². The van der Waals surface area contributed by atoms with Gasteiger partial charge in [-0.2, -0.15) is 0 Å². The highest BCUT2D eigenvalue weighted by Gasteiger charge is 2.28. The molecule has 17 heavy (non-hydrogen) atoms. The molecule has 0 aliphatic carbocycles. The molecule has 0 spiro atoms. The maximum absolute atomic E-state index is 6.20. The number of fused-ring (bicyclic) bond motifs is 1. The summed E-state index contributed by atoms with van der Waals surface area (Å²) in [5.41, 5.74) is 6.20. The highest BCUT2D eigenvalue weighted by molar-refractivity contribution is 5.07. The van der Waals surface area contributed by atoms with Gasteiger partial charge in [-0.05, 0) is 45.8 Å². The number of rotatable bonds is 1. The van der Waals surface area contributed by atoms with Gasteiger partial charge in [-0.3, -0.25) is 4.57 Å². The Labute approximate surface area is 102 Å². The first-order valence-electron chi connectivity index (χ1n) is 6.63. The lowest BCUT2D eigenvalue weighted by Crippen LogP contribution is -2.32. The molecule has 1 aromatic heterocycles. The van der Waals surface area contributed by atoms with Gasteiger partial charge in [-0.15, -0.1) is 10.2 Å². The van der Waals surface area contributed by atoms with Crippen LogP contribution in [0.5, 0.6) is 0 Å². The van der Waals surface area contributed by atoms with E-state index in [-0.39, 0.29) is 6.17 Å². The highest BCUT2D eigenvalue weighted by Crippen LogP contribution is 2.30. The zero-order valence-electron chi connectivity index (χ0n) is 10.5. The Morgan fingerprint density at radius 3 is 2.71 bits per heavy atom. The van der Waals surface area contributed by atoms with Gasteiger partial charge in [0, 0.05) is 12.3 Å². The Morgan fingerprint density at radius 1 is 1.18 bits per heavy atom. The molecule has 1 aromatic rings. The molecule has 5 nitrogen and oxygen atoms in total. The number of hydrogen-bond donors (Lipinski definition) is 1. The van der Waals surface area contributed by atoms with Crippen LogP contribution in [0.25, 0.3) is 0 Å². The predicted octanol–water partition coefficient (Wildman–Crippen LogP) is 0.881. The first-order chi connectivity index (χ1) is 8.25. The van der Waals surface area contributed by atoms with E-state index in [1.54, 1.807) is 0 Å². The summed E-state index contributed by atoms with van der Waals surface area (Å²) >= 11 is 0. The molecule has 5 heteroatoms. The van der Waals surface area contributed by atoms with Crippen LogP contribution >= 0.6 is 0 Å². The molecule has 1 fully saturated rings. The smallest absolute Gasteiger partial charge is 0.137 e. The molecule has 1 unspecified atom stereocenters. The molecule has 2 aliphatic rings. The molecule has 0 saturated carbocycles. The molecular weight excluding hydrogens is 214 g/mol. The van der Waals surface area contributed by atoms with Crippen molar-refractivity contribution in [1.82, 2.24) is 19.7 Å². The SMILES string of the molecule is CN1CCC(c2nnc3n2C(N)CCC3)CC1. The van der Waals surface area contributed by atoms with Crippen molar-refractivity contribution in [3.05, 3.63) is 11.6 Å². The molecule has 2 N–H and O–H groups in total. The van der Waals surface area contributed by atoms with E-state index in [9.17, 15) is 0 Å². The molecule has 0 bridgehead atoms. The average Bonchev–Trinajstić information content (AvgIpc) is 2.75. The summed E-state index contributed by atoms with van der Waals surface area (Å²) in [5, 5.41) is 8.73. The monoisotopic (exact) mass is 235 g/mol. The maximum atomic E-state index is 6.20. The molecule has 0 amide bonds. The Bertz CT molecular complexity index is 392. The molecule has 0 aromatic carbocycles. The molecule has 1 saturated heterocycles. The van der Waals surface area contributed by atoms with E-state index in [2.05, 4.69) is 26.7 Å². The normalized spacial score (nSPS) is 27.1. The molecule has 1 atom stereocenters. The second-order valence-corrected chi connectivity index (χ2v) is 5.38. The standard InChI is InChI=1S/C12H21N5/c1-16-7-5-9(6-8-16)12-15-14-11-4-2-3-10(13)17(11)12/h9-10H,2-8,13H2,1H3. The quantitative estimate of drug-likeness (QED) is 0.785. The average molecular weight is 235 g/mol. The fraction of sp³-hybridized carbons (Fsp3) is 0.833. The molecule has 3 rings (SSSR count). The minimum Gasteiger partial charge on any atom is -0.311 e. The van der Waals surface area contributed by atoms with Crippen molar-refractivity contribution in [2.75, 3.05) is 20.1 Å². The molecule has 3 heterocycles. The fourth-order valence-corrected chi connectivity index (χ4v) is 3.01. The molecular formula is C12H21N5. The van der Waals surface area contributed by atoms with Crippen molar-refractivity contribution in [3.8, 4) is 0 Å². The summed E-state index contributed by atoms with van der Waals surface area (Å²) in [6, 6.07) is 0. The Hall–Kier alpha value is -0.940. The first kappa shape index (κ1) is 11.2. The number of nitrogens with zero attached hydrogens (tertiary/aromatic N) is 4. The van der Waals surface area contributed by atoms with E-state index in [4.69, 9.17) is 5.73 Å². The zero-order valence-corrected chi connectivity index (χ0v) is 10.5. The molecule has 0 radical (unpaired) electrons. The van der Waals surface area contributed by atoms with Gasteiger partial charge in [0.05, 0.1) is 6.17 Å². The summed E-state index contributed by atoms with van der Waals surface area (Å²) in [6.45, 7) is 2.31. The van der Waals surface area contributed by atoms with Crippen LogP contribution in [0.2, 0.25) is 0 Å². The van der Waals surface area contributed by atoms with Gasteiger partial charge in [0.15, 0.2) is 0 Å². The Morgan fingerprint density at radius 2 is 1.94 bits per heavy atom. The third-order valence-electron chi connectivity index (χ3n) is 4.11. The minimum absolute atomic E-state index is 0.100. The van der Waals surface area contributed by atoms with Crippen molar-refractivity contribution in [2.24, 2.45) is 5.73 Å². The predicted molar refractivity (Wildman–Crippen MR) is 65.7 cm³/mol. The van der Waals surface area contributed by atoms with Gasteiger partial charge in [-0.1, -0.05) is 0 Å². The van der Waals surface area contributed by atoms with E-state index in [0.717, 1.165) is 44.0 Å². The lowest BCUT2D eigenvalue weighted by Gasteiger charge is -2.30. The van der Waals surface area contributed by atoms with Gasteiger partial charge in [0.1, 0.15) is 11.6 Å². The van der Waals surface area contributed by atoms with Crippen LogP contribution in [0, 0.1) is 0 Å². The van der Waals surface area contributed by atoms with Crippen molar-refractivity contribution in [3.63, 3.8) is 0 Å². The van der Waals surface area contributed by atoms with Crippen molar-refractivity contribution < 1.29 is 0 Å². The van der Waals surface area contributed by atoms with E-state index in [1.165, 1.54) is 12.8 Å². The van der Waals surface area contributed by atoms with Crippen LogP contribution in [0.1, 0.15) is 49.4 Å². The van der Waals surface area contributed by atoms with Gasteiger partial charge in [0.2, 0.25) is 0 Å². The van der Waals surface area contributed by atoms with Crippen LogP contribution in [0.15, 0.2) is 0 Å². The van der Waals surface area contributed by atoms with Gasteiger partial charge >= 0.3 is 0 Å². The first-order valence-corrected chi connectivity index (χ1v) is 6.63. The van der Waals surface area contributed by atoms with Crippen LogP contribution in [0.4, 0.5) is 0 Å². The number of likely N-dealkylation sites (tertiary alicyclic amines) is 1. The summed E-state index contributed by atoms with van der Waals surface area (Å²) in [4.78, 5) is 2.38. The van der Waals surface area contributed by atoms with E-state index in [0.29, 0.717) is 5.92 Å². The van der Waals surface area contributed by atoms with Crippen LogP contribution < -0.4 is 5.73 Å². The number of hydrogen-bond acceptors (Lipinski definition) is 4. The fourth-order valence-electron chi connectivity index (χ4n) is 3.01. The number of piperidine rings is 1. The second-order valence-electron chi connectivity index (χ2n) is 5.38. The second kappa shape index (κ2) is 4.38. The van der Waals surface area contributed by atoms with Crippen LogP contribution in [-0.4, -0.2) is 39.8 Å². The number of nitrogens with two attached hydrogens (primary N) is 1. The summed E-state index contributed by atoms with van der Waals surface area (Å²) in [5.74, 6) is 2.79. The summed E-state index contributed by atoms with van der Waals surface area (Å²) < 4.78 is 2.21. The van der Waals surface area contributed by atoms with Gasteiger partial charge < -0.3 is 10.6 Å². The Kier molecular flexibility index (Phi) is 2.88. The van der Waals surface area contributed by atoms with Crippen molar-refractivity contribution in [1.29, 1.82) is 0 Å². The van der Waals surface area contributed by atoms with E-state index in [1.807, 2.05) is 0 Å². The van der Waals surface area contributed by atoms with Gasteiger partial charge in [-0.25, -0.2) is 0 Å². The lowest BCUT2D eigenvalue weighted by molar-refractivity contribution is 0.244. The zero-order chi connectivity index (χ0) is 11.8. The van der Waals surface area contributed by atoms with E-state index >= 15 is 0 Å². The van der Waals surface area contributed by atoms with Crippen LogP contribution in [-0.2, 0) is 6.42 Å². The lowest BCUT2D eigenvalue weighted by atomic mass is 9.95. The topological polar surface area (TPSA) is 60.0 Å². The largest absolute Gasteiger partial charge is 0.311 e.